The zero-order chi connectivity index (χ0) is 8.60. The van der Waals surface area contributed by atoms with Crippen molar-refractivity contribution >= 4 is 0 Å². The number of aromatic nitrogens is 1. The summed E-state index contributed by atoms with van der Waals surface area (Å²) in [4.78, 5) is 4.32. The molecule has 0 amide bonds. The predicted octanol–water partition coefficient (Wildman–Crippen LogP) is 1.59. The second kappa shape index (κ2) is 2.56. The fourth-order valence-corrected chi connectivity index (χ4v) is 1.35. The Hall–Kier alpha value is -0.890. The van der Waals surface area contributed by atoms with E-state index in [4.69, 9.17) is 5.73 Å². The van der Waals surface area contributed by atoms with Crippen molar-refractivity contribution in [2.75, 3.05) is 0 Å². The van der Waals surface area contributed by atoms with Crippen LogP contribution in [0.25, 0.3) is 0 Å². The molecule has 12 heavy (non-hydrogen) atoms. The van der Waals surface area contributed by atoms with Crippen molar-refractivity contribution in [3.63, 3.8) is 0 Å². The summed E-state index contributed by atoms with van der Waals surface area (Å²) in [6, 6.07) is 4.18. The molecule has 0 radical (unpaired) electrons. The quantitative estimate of drug-likeness (QED) is 0.717. The summed E-state index contributed by atoms with van der Waals surface area (Å²) in [6.07, 6.45) is 5.14. The van der Waals surface area contributed by atoms with Gasteiger partial charge >= 0.3 is 0 Å². The van der Waals surface area contributed by atoms with Gasteiger partial charge in [0.1, 0.15) is 0 Å². The summed E-state index contributed by atoms with van der Waals surface area (Å²) in [5.74, 6) is 0. The van der Waals surface area contributed by atoms with E-state index in [-0.39, 0.29) is 5.54 Å². The lowest BCUT2D eigenvalue weighted by Gasteiger charge is -2.07. The predicted molar refractivity (Wildman–Crippen MR) is 48.7 cm³/mol. The Balaban J connectivity index is 2.25. The van der Waals surface area contributed by atoms with Gasteiger partial charge in [0.25, 0.3) is 0 Å². The SMILES string of the molecule is CCc1ccc(C2(N)CC2)cn1. The first-order valence-electron chi connectivity index (χ1n) is 4.49. The summed E-state index contributed by atoms with van der Waals surface area (Å²) in [5.41, 5.74) is 8.33. The van der Waals surface area contributed by atoms with E-state index in [0.717, 1.165) is 25.0 Å². The maximum Gasteiger partial charge on any atom is 0.0426 e. The van der Waals surface area contributed by atoms with Crippen molar-refractivity contribution in [2.24, 2.45) is 5.73 Å². The lowest BCUT2D eigenvalue weighted by Crippen LogP contribution is -2.18. The maximum absolute atomic E-state index is 6.02. The van der Waals surface area contributed by atoms with Crippen molar-refractivity contribution in [2.45, 2.75) is 31.7 Å². The Kier molecular flexibility index (Phi) is 1.65. The van der Waals surface area contributed by atoms with Crippen LogP contribution in [0.15, 0.2) is 18.3 Å². The molecule has 0 spiro atoms. The normalized spacial score (nSPS) is 19.2. The first-order valence-corrected chi connectivity index (χ1v) is 4.49. The van der Waals surface area contributed by atoms with E-state index in [1.807, 2.05) is 6.20 Å². The second-order valence-corrected chi connectivity index (χ2v) is 3.55. The van der Waals surface area contributed by atoms with Crippen molar-refractivity contribution in [3.05, 3.63) is 29.6 Å². The summed E-state index contributed by atoms with van der Waals surface area (Å²) < 4.78 is 0. The van der Waals surface area contributed by atoms with E-state index in [0.29, 0.717) is 0 Å². The Morgan fingerprint density at radius 3 is 2.67 bits per heavy atom. The van der Waals surface area contributed by atoms with Gasteiger partial charge in [0.2, 0.25) is 0 Å². The highest BCUT2D eigenvalue weighted by atomic mass is 14.8. The van der Waals surface area contributed by atoms with Crippen LogP contribution in [0.3, 0.4) is 0 Å². The van der Waals surface area contributed by atoms with Crippen LogP contribution < -0.4 is 5.73 Å². The van der Waals surface area contributed by atoms with E-state index in [9.17, 15) is 0 Å². The highest BCUT2D eigenvalue weighted by Gasteiger charge is 2.40. The molecular weight excluding hydrogens is 148 g/mol. The van der Waals surface area contributed by atoms with E-state index < -0.39 is 0 Å². The van der Waals surface area contributed by atoms with Gasteiger partial charge in [0.05, 0.1) is 0 Å². The zero-order valence-electron chi connectivity index (χ0n) is 7.38. The molecule has 0 atom stereocenters. The molecule has 1 aromatic heterocycles. The van der Waals surface area contributed by atoms with Gasteiger partial charge in [-0.15, -0.1) is 0 Å². The molecule has 2 N–H and O–H groups in total. The average molecular weight is 162 g/mol. The van der Waals surface area contributed by atoms with E-state index >= 15 is 0 Å². The maximum atomic E-state index is 6.02. The fraction of sp³-hybridized carbons (Fsp3) is 0.500. The van der Waals surface area contributed by atoms with E-state index in [1.165, 1.54) is 5.56 Å². The molecule has 64 valence electrons. The molecule has 1 aliphatic carbocycles. The van der Waals surface area contributed by atoms with Crippen molar-refractivity contribution < 1.29 is 0 Å². The summed E-state index contributed by atoms with van der Waals surface area (Å²) in [5, 5.41) is 0. The second-order valence-electron chi connectivity index (χ2n) is 3.55. The van der Waals surface area contributed by atoms with Crippen molar-refractivity contribution in [1.82, 2.24) is 4.98 Å². The van der Waals surface area contributed by atoms with Gasteiger partial charge in [-0.25, -0.2) is 0 Å². The van der Waals surface area contributed by atoms with Crippen molar-refractivity contribution in [1.29, 1.82) is 0 Å². The molecule has 2 nitrogen and oxygen atoms in total. The monoisotopic (exact) mass is 162 g/mol. The molecule has 1 aliphatic rings. The number of pyridine rings is 1. The molecule has 2 rings (SSSR count). The lowest BCUT2D eigenvalue weighted by molar-refractivity contribution is 0.732. The number of nitrogens with two attached hydrogens (primary N) is 1. The van der Waals surface area contributed by atoms with Gasteiger partial charge < -0.3 is 5.73 Å². The van der Waals surface area contributed by atoms with Crippen LogP contribution in [0.5, 0.6) is 0 Å². The minimum absolute atomic E-state index is 0.0285. The number of aryl methyl sites for hydroxylation is 1. The standard InChI is InChI=1S/C10H14N2/c1-2-9-4-3-8(7-12-9)10(11)5-6-10/h3-4,7H,2,5-6,11H2,1H3. The highest BCUT2D eigenvalue weighted by molar-refractivity contribution is 5.27. The summed E-state index contributed by atoms with van der Waals surface area (Å²) >= 11 is 0. The smallest absolute Gasteiger partial charge is 0.0426 e. The Morgan fingerprint density at radius 1 is 1.50 bits per heavy atom. The van der Waals surface area contributed by atoms with Crippen LogP contribution in [0.4, 0.5) is 0 Å². The van der Waals surface area contributed by atoms with E-state index in [1.54, 1.807) is 0 Å². The molecule has 1 heterocycles. The third-order valence-corrected chi connectivity index (χ3v) is 2.55. The van der Waals surface area contributed by atoms with Gasteiger partial charge in [-0.2, -0.15) is 0 Å². The van der Waals surface area contributed by atoms with Gasteiger partial charge in [-0.05, 0) is 30.9 Å². The molecule has 1 aromatic rings. The summed E-state index contributed by atoms with van der Waals surface area (Å²) in [6.45, 7) is 2.11. The Morgan fingerprint density at radius 2 is 2.25 bits per heavy atom. The minimum Gasteiger partial charge on any atom is -0.321 e. The minimum atomic E-state index is -0.0285. The molecular formula is C10H14N2. The molecule has 0 unspecified atom stereocenters. The zero-order valence-corrected chi connectivity index (χ0v) is 7.38. The van der Waals surface area contributed by atoms with Crippen LogP contribution in [0, 0.1) is 0 Å². The van der Waals surface area contributed by atoms with Crippen LogP contribution >= 0.6 is 0 Å². The number of hydrogen-bond acceptors (Lipinski definition) is 2. The topological polar surface area (TPSA) is 38.9 Å². The van der Waals surface area contributed by atoms with Crippen LogP contribution in [-0.4, -0.2) is 4.98 Å². The van der Waals surface area contributed by atoms with Crippen LogP contribution in [0.2, 0.25) is 0 Å². The van der Waals surface area contributed by atoms with Gasteiger partial charge in [0.15, 0.2) is 0 Å². The molecule has 1 fully saturated rings. The molecule has 0 saturated heterocycles. The molecule has 2 heteroatoms. The first-order chi connectivity index (χ1) is 5.74. The van der Waals surface area contributed by atoms with Gasteiger partial charge in [-0.3, -0.25) is 4.98 Å². The van der Waals surface area contributed by atoms with Crippen molar-refractivity contribution in [3.8, 4) is 0 Å². The van der Waals surface area contributed by atoms with Crippen LogP contribution in [-0.2, 0) is 12.0 Å². The average Bonchev–Trinajstić information content (AvgIpc) is 2.85. The van der Waals surface area contributed by atoms with E-state index in [2.05, 4.69) is 24.0 Å². The summed E-state index contributed by atoms with van der Waals surface area (Å²) in [7, 11) is 0. The van der Waals surface area contributed by atoms with Gasteiger partial charge in [-0.1, -0.05) is 13.0 Å². The highest BCUT2D eigenvalue weighted by Crippen LogP contribution is 2.42. The first kappa shape index (κ1) is 7.74. The number of nitrogens with zero attached hydrogens (tertiary/aromatic N) is 1. The Bertz CT molecular complexity index is 272. The number of rotatable bonds is 2. The number of hydrogen-bond donors (Lipinski definition) is 1. The largest absolute Gasteiger partial charge is 0.321 e. The third kappa shape index (κ3) is 1.23. The lowest BCUT2D eigenvalue weighted by atomic mass is 10.1. The third-order valence-electron chi connectivity index (χ3n) is 2.55. The fourth-order valence-electron chi connectivity index (χ4n) is 1.35. The molecule has 0 bridgehead atoms. The van der Waals surface area contributed by atoms with Crippen LogP contribution in [0.1, 0.15) is 31.0 Å². The Labute approximate surface area is 72.8 Å². The molecule has 0 aliphatic heterocycles. The molecule has 1 saturated carbocycles. The van der Waals surface area contributed by atoms with Gasteiger partial charge in [0, 0.05) is 17.4 Å². The molecule has 0 aromatic carbocycles.